The van der Waals surface area contributed by atoms with E-state index in [2.05, 4.69) is 16.3 Å². The first-order chi connectivity index (χ1) is 13.6. The molecule has 28 heavy (non-hydrogen) atoms. The van der Waals surface area contributed by atoms with Crippen molar-refractivity contribution in [2.45, 2.75) is 6.42 Å². The van der Waals surface area contributed by atoms with Crippen LogP contribution >= 0.6 is 11.6 Å². The molecule has 4 rings (SSSR count). The molecule has 0 saturated heterocycles. The molecule has 1 heterocycles. The van der Waals surface area contributed by atoms with Gasteiger partial charge in [-0.25, -0.2) is 0 Å². The fraction of sp³-hybridized carbons (Fsp3) is 0.130. The third-order valence-electron chi connectivity index (χ3n) is 4.85. The Morgan fingerprint density at radius 1 is 0.964 bits per heavy atom. The molecule has 0 aromatic heterocycles. The molecular formula is C23H19ClN2O2. The second-order valence-electron chi connectivity index (χ2n) is 6.73. The molecule has 140 valence electrons. The van der Waals surface area contributed by atoms with E-state index in [1.54, 1.807) is 42.5 Å². The largest absolute Gasteiger partial charge is 0.362 e. The first-order valence-electron chi connectivity index (χ1n) is 9.14. The van der Waals surface area contributed by atoms with E-state index in [0.717, 1.165) is 18.7 Å². The monoisotopic (exact) mass is 390 g/mol. The van der Waals surface area contributed by atoms with Gasteiger partial charge in [0.1, 0.15) is 0 Å². The molecule has 1 N–H and O–H groups in total. The molecule has 0 bridgehead atoms. The van der Waals surface area contributed by atoms with Crippen molar-refractivity contribution in [3.63, 3.8) is 0 Å². The summed E-state index contributed by atoms with van der Waals surface area (Å²) in [5.74, 6) is -0.342. The van der Waals surface area contributed by atoms with E-state index >= 15 is 0 Å². The average molecular weight is 391 g/mol. The number of halogens is 1. The van der Waals surface area contributed by atoms with Gasteiger partial charge in [0.15, 0.2) is 5.78 Å². The standard InChI is InChI=1S/C23H19ClN2O2/c24-18-10-11-20(19(14-18)23(28)17-7-2-1-3-8-17)25-22(27)15-26-13-12-16-6-4-5-9-21(16)26/h1-11,14H,12-13,15H2,(H,25,27). The highest BCUT2D eigenvalue weighted by Gasteiger charge is 2.22. The van der Waals surface area contributed by atoms with Crippen LogP contribution in [0.4, 0.5) is 11.4 Å². The van der Waals surface area contributed by atoms with Crippen LogP contribution in [0, 0.1) is 0 Å². The third-order valence-corrected chi connectivity index (χ3v) is 5.09. The molecule has 0 aliphatic carbocycles. The van der Waals surface area contributed by atoms with E-state index in [1.165, 1.54) is 5.56 Å². The summed E-state index contributed by atoms with van der Waals surface area (Å²) >= 11 is 6.11. The fourth-order valence-corrected chi connectivity index (χ4v) is 3.66. The Morgan fingerprint density at radius 3 is 2.54 bits per heavy atom. The van der Waals surface area contributed by atoms with Gasteiger partial charge in [-0.3, -0.25) is 9.59 Å². The summed E-state index contributed by atoms with van der Waals surface area (Å²) in [6, 6.07) is 22.0. The minimum absolute atomic E-state index is 0.166. The first-order valence-corrected chi connectivity index (χ1v) is 9.51. The van der Waals surface area contributed by atoms with Crippen LogP contribution in [-0.2, 0) is 11.2 Å². The lowest BCUT2D eigenvalue weighted by Gasteiger charge is -2.19. The summed E-state index contributed by atoms with van der Waals surface area (Å²) in [5, 5.41) is 3.34. The topological polar surface area (TPSA) is 49.4 Å². The lowest BCUT2D eigenvalue weighted by Crippen LogP contribution is -2.32. The van der Waals surface area contributed by atoms with E-state index in [4.69, 9.17) is 11.6 Å². The van der Waals surface area contributed by atoms with Crippen LogP contribution in [0.25, 0.3) is 0 Å². The van der Waals surface area contributed by atoms with Crippen LogP contribution in [0.5, 0.6) is 0 Å². The Morgan fingerprint density at radius 2 is 1.71 bits per heavy atom. The smallest absolute Gasteiger partial charge is 0.243 e. The number of fused-ring (bicyclic) bond motifs is 1. The van der Waals surface area contributed by atoms with E-state index in [1.807, 2.05) is 24.3 Å². The van der Waals surface area contributed by atoms with Crippen LogP contribution in [-0.4, -0.2) is 24.8 Å². The van der Waals surface area contributed by atoms with E-state index in [0.29, 0.717) is 21.8 Å². The van der Waals surface area contributed by atoms with Crippen molar-refractivity contribution in [1.29, 1.82) is 0 Å². The second kappa shape index (κ2) is 7.87. The van der Waals surface area contributed by atoms with E-state index in [9.17, 15) is 9.59 Å². The number of benzene rings is 3. The van der Waals surface area contributed by atoms with Crippen molar-refractivity contribution in [2.24, 2.45) is 0 Å². The molecule has 5 heteroatoms. The third kappa shape index (κ3) is 3.78. The Kier molecular flexibility index (Phi) is 5.13. The summed E-state index contributed by atoms with van der Waals surface area (Å²) < 4.78 is 0. The van der Waals surface area contributed by atoms with Gasteiger partial charge >= 0.3 is 0 Å². The molecule has 0 fully saturated rings. The number of para-hydroxylation sites is 1. The molecule has 0 saturated carbocycles. The fourth-order valence-electron chi connectivity index (χ4n) is 3.49. The Hall–Kier alpha value is -3.11. The van der Waals surface area contributed by atoms with Gasteiger partial charge in [-0.05, 0) is 36.2 Å². The summed E-state index contributed by atoms with van der Waals surface area (Å²) in [7, 11) is 0. The van der Waals surface area contributed by atoms with E-state index < -0.39 is 0 Å². The van der Waals surface area contributed by atoms with Gasteiger partial charge in [-0.15, -0.1) is 0 Å². The molecule has 1 amide bonds. The van der Waals surface area contributed by atoms with Gasteiger partial charge in [0.2, 0.25) is 5.91 Å². The number of hydrogen-bond acceptors (Lipinski definition) is 3. The number of rotatable bonds is 5. The van der Waals surface area contributed by atoms with Crippen molar-refractivity contribution in [3.8, 4) is 0 Å². The minimum atomic E-state index is -0.176. The minimum Gasteiger partial charge on any atom is -0.362 e. The number of nitrogens with one attached hydrogen (secondary N) is 1. The van der Waals surface area contributed by atoms with Crippen LogP contribution < -0.4 is 10.2 Å². The van der Waals surface area contributed by atoms with Crippen LogP contribution in [0.1, 0.15) is 21.5 Å². The van der Waals surface area contributed by atoms with Crippen molar-refractivity contribution < 1.29 is 9.59 Å². The Labute approximate surface area is 168 Å². The molecule has 4 nitrogen and oxygen atoms in total. The number of amides is 1. The van der Waals surface area contributed by atoms with Crippen LogP contribution in [0.3, 0.4) is 0 Å². The predicted octanol–water partition coefficient (Wildman–Crippen LogP) is 4.57. The zero-order valence-electron chi connectivity index (χ0n) is 15.2. The maximum absolute atomic E-state index is 12.9. The van der Waals surface area contributed by atoms with Crippen molar-refractivity contribution in [3.05, 3.63) is 94.5 Å². The quantitative estimate of drug-likeness (QED) is 0.649. The summed E-state index contributed by atoms with van der Waals surface area (Å²) in [6.07, 6.45) is 0.933. The zero-order chi connectivity index (χ0) is 19.5. The predicted molar refractivity (Wildman–Crippen MR) is 112 cm³/mol. The molecule has 1 aliphatic heterocycles. The zero-order valence-corrected chi connectivity index (χ0v) is 15.9. The first kappa shape index (κ1) is 18.3. The van der Waals surface area contributed by atoms with Gasteiger partial charge in [-0.2, -0.15) is 0 Å². The lowest BCUT2D eigenvalue weighted by molar-refractivity contribution is -0.115. The van der Waals surface area contributed by atoms with Crippen LogP contribution in [0.15, 0.2) is 72.8 Å². The lowest BCUT2D eigenvalue weighted by atomic mass is 10.0. The number of nitrogens with zero attached hydrogens (tertiary/aromatic N) is 1. The number of carbonyl (C=O) groups is 2. The van der Waals surface area contributed by atoms with Crippen molar-refractivity contribution in [2.75, 3.05) is 23.3 Å². The van der Waals surface area contributed by atoms with Gasteiger partial charge < -0.3 is 10.2 Å². The molecule has 0 radical (unpaired) electrons. The Bertz CT molecular complexity index is 1030. The summed E-state index contributed by atoms with van der Waals surface area (Å²) in [6.45, 7) is 1.04. The summed E-state index contributed by atoms with van der Waals surface area (Å²) in [5.41, 5.74) is 3.74. The summed E-state index contributed by atoms with van der Waals surface area (Å²) in [4.78, 5) is 27.6. The highest BCUT2D eigenvalue weighted by Crippen LogP contribution is 2.28. The van der Waals surface area contributed by atoms with Gasteiger partial charge in [0, 0.05) is 28.4 Å². The number of anilines is 2. The SMILES string of the molecule is O=C(CN1CCc2ccccc21)Nc1ccc(Cl)cc1C(=O)c1ccccc1. The molecule has 3 aromatic rings. The van der Waals surface area contributed by atoms with Crippen LogP contribution in [0.2, 0.25) is 5.02 Å². The van der Waals surface area contributed by atoms with Gasteiger partial charge in [-0.1, -0.05) is 60.1 Å². The Balaban J connectivity index is 1.54. The highest BCUT2D eigenvalue weighted by molar-refractivity contribution is 6.31. The maximum atomic E-state index is 12.9. The molecule has 3 aromatic carbocycles. The highest BCUT2D eigenvalue weighted by atomic mass is 35.5. The van der Waals surface area contributed by atoms with Crippen molar-refractivity contribution >= 4 is 34.7 Å². The molecule has 0 unspecified atom stereocenters. The van der Waals surface area contributed by atoms with E-state index in [-0.39, 0.29) is 18.2 Å². The maximum Gasteiger partial charge on any atom is 0.243 e. The second-order valence-corrected chi connectivity index (χ2v) is 7.17. The number of carbonyl (C=O) groups excluding carboxylic acids is 2. The van der Waals surface area contributed by atoms with Gasteiger partial charge in [0.05, 0.1) is 12.2 Å². The molecule has 0 atom stereocenters. The van der Waals surface area contributed by atoms with Gasteiger partial charge in [0.25, 0.3) is 0 Å². The molecular weight excluding hydrogens is 372 g/mol. The normalized spacial score (nSPS) is 12.5. The average Bonchev–Trinajstić information content (AvgIpc) is 3.12. The number of hydrogen-bond donors (Lipinski definition) is 1. The number of ketones is 1. The molecule has 1 aliphatic rings. The van der Waals surface area contributed by atoms with Crippen molar-refractivity contribution in [1.82, 2.24) is 0 Å². The molecule has 0 spiro atoms.